The molecule has 1 aliphatic heterocycles. The molecule has 4 rings (SSSR count). The largest absolute Gasteiger partial charge is 0.468 e. The molecule has 4 heterocycles. The first-order valence-corrected chi connectivity index (χ1v) is 8.87. The highest BCUT2D eigenvalue weighted by atomic mass is 32.2. The monoisotopic (exact) mass is 326 g/mol. The van der Waals surface area contributed by atoms with Crippen molar-refractivity contribution in [3.63, 3.8) is 0 Å². The van der Waals surface area contributed by atoms with Crippen LogP contribution >= 0.6 is 11.8 Å². The number of fused-ring (bicyclic) bond motifs is 1. The van der Waals surface area contributed by atoms with Crippen LogP contribution < -0.4 is 0 Å². The van der Waals surface area contributed by atoms with Gasteiger partial charge in [0.25, 0.3) is 5.91 Å². The zero-order chi connectivity index (χ0) is 15.6. The summed E-state index contributed by atoms with van der Waals surface area (Å²) >= 11 is 1.87. The molecule has 118 valence electrons. The fourth-order valence-corrected chi connectivity index (χ4v) is 4.21. The van der Waals surface area contributed by atoms with Crippen molar-refractivity contribution in [1.29, 1.82) is 0 Å². The van der Waals surface area contributed by atoms with Gasteiger partial charge in [0.15, 0.2) is 0 Å². The number of rotatable bonds is 2. The SMILES string of the molecule is O=C(c1cc2ccccn2c1)N1CCS[C@H](c2ccco2)CC1. The second-order valence-electron chi connectivity index (χ2n) is 5.72. The van der Waals surface area contributed by atoms with Crippen LogP contribution in [0.5, 0.6) is 0 Å². The second kappa shape index (κ2) is 6.16. The van der Waals surface area contributed by atoms with Gasteiger partial charge in [0.2, 0.25) is 0 Å². The summed E-state index contributed by atoms with van der Waals surface area (Å²) < 4.78 is 7.51. The summed E-state index contributed by atoms with van der Waals surface area (Å²) in [6.07, 6.45) is 6.53. The van der Waals surface area contributed by atoms with E-state index in [4.69, 9.17) is 4.42 Å². The third kappa shape index (κ3) is 2.88. The summed E-state index contributed by atoms with van der Waals surface area (Å²) in [4.78, 5) is 14.8. The Balaban J connectivity index is 1.50. The molecule has 1 amide bonds. The fourth-order valence-electron chi connectivity index (χ4n) is 3.03. The second-order valence-corrected chi connectivity index (χ2v) is 7.03. The molecular weight excluding hydrogens is 308 g/mol. The number of amides is 1. The predicted molar refractivity (Wildman–Crippen MR) is 91.8 cm³/mol. The van der Waals surface area contributed by atoms with Gasteiger partial charge in [-0.3, -0.25) is 4.79 Å². The maximum Gasteiger partial charge on any atom is 0.255 e. The number of furan rings is 1. The Morgan fingerprint density at radius 2 is 2.17 bits per heavy atom. The molecule has 4 nitrogen and oxygen atoms in total. The third-order valence-corrected chi connectivity index (χ3v) is 5.53. The van der Waals surface area contributed by atoms with E-state index in [-0.39, 0.29) is 5.91 Å². The first-order chi connectivity index (χ1) is 11.3. The Labute approximate surface area is 139 Å². The summed E-state index contributed by atoms with van der Waals surface area (Å²) in [6, 6.07) is 11.9. The number of nitrogens with zero attached hydrogens (tertiary/aromatic N) is 2. The smallest absolute Gasteiger partial charge is 0.255 e. The van der Waals surface area contributed by atoms with E-state index >= 15 is 0 Å². The molecular formula is C18H18N2O2S. The zero-order valence-electron chi connectivity index (χ0n) is 12.7. The molecule has 0 bridgehead atoms. The van der Waals surface area contributed by atoms with Gasteiger partial charge in [0, 0.05) is 36.8 Å². The lowest BCUT2D eigenvalue weighted by atomic mass is 10.2. The Morgan fingerprint density at radius 3 is 3.00 bits per heavy atom. The van der Waals surface area contributed by atoms with Crippen molar-refractivity contribution in [3.8, 4) is 0 Å². The van der Waals surface area contributed by atoms with Crippen molar-refractivity contribution in [2.75, 3.05) is 18.8 Å². The first-order valence-electron chi connectivity index (χ1n) is 7.82. The molecule has 0 radical (unpaired) electrons. The van der Waals surface area contributed by atoms with Crippen LogP contribution in [0, 0.1) is 0 Å². The van der Waals surface area contributed by atoms with E-state index in [0.717, 1.165) is 42.1 Å². The molecule has 3 aromatic heterocycles. The molecule has 1 aliphatic rings. The molecule has 23 heavy (non-hydrogen) atoms. The Morgan fingerprint density at radius 1 is 1.22 bits per heavy atom. The minimum Gasteiger partial charge on any atom is -0.468 e. The number of pyridine rings is 1. The molecule has 0 N–H and O–H groups in total. The van der Waals surface area contributed by atoms with E-state index < -0.39 is 0 Å². The average molecular weight is 326 g/mol. The van der Waals surface area contributed by atoms with Crippen molar-refractivity contribution in [2.24, 2.45) is 0 Å². The van der Waals surface area contributed by atoms with Gasteiger partial charge in [-0.25, -0.2) is 0 Å². The first kappa shape index (κ1) is 14.5. The van der Waals surface area contributed by atoms with Gasteiger partial charge in [-0.1, -0.05) is 6.07 Å². The van der Waals surface area contributed by atoms with Gasteiger partial charge >= 0.3 is 0 Å². The maximum atomic E-state index is 12.8. The van der Waals surface area contributed by atoms with Crippen LogP contribution in [0.3, 0.4) is 0 Å². The van der Waals surface area contributed by atoms with Crippen molar-refractivity contribution >= 4 is 23.2 Å². The van der Waals surface area contributed by atoms with Gasteiger partial charge in [-0.2, -0.15) is 0 Å². The molecule has 0 spiro atoms. The topological polar surface area (TPSA) is 37.9 Å². The average Bonchev–Trinajstić information content (AvgIpc) is 3.19. The zero-order valence-corrected chi connectivity index (χ0v) is 13.5. The predicted octanol–water partition coefficient (Wildman–Crippen LogP) is 3.85. The number of hydrogen-bond donors (Lipinski definition) is 0. The van der Waals surface area contributed by atoms with Crippen LogP contribution in [0.1, 0.15) is 27.8 Å². The summed E-state index contributed by atoms with van der Waals surface area (Å²) in [5.41, 5.74) is 1.81. The molecule has 1 atom stereocenters. The summed E-state index contributed by atoms with van der Waals surface area (Å²) in [7, 11) is 0. The third-order valence-electron chi connectivity index (χ3n) is 4.24. The lowest BCUT2D eigenvalue weighted by Gasteiger charge is -2.19. The molecule has 3 aromatic rings. The Bertz CT molecular complexity index is 776. The lowest BCUT2D eigenvalue weighted by Crippen LogP contribution is -2.32. The molecule has 0 aliphatic carbocycles. The van der Waals surface area contributed by atoms with Gasteiger partial charge in [0.05, 0.1) is 17.1 Å². The van der Waals surface area contributed by atoms with Crippen molar-refractivity contribution < 1.29 is 9.21 Å². The van der Waals surface area contributed by atoms with Crippen LogP contribution in [-0.2, 0) is 0 Å². The quantitative estimate of drug-likeness (QED) is 0.718. The summed E-state index contributed by atoms with van der Waals surface area (Å²) in [5, 5.41) is 0.343. The van der Waals surface area contributed by atoms with Crippen LogP contribution in [0.25, 0.3) is 5.52 Å². The normalized spacial score (nSPS) is 19.0. The molecule has 1 fully saturated rings. The van der Waals surface area contributed by atoms with Gasteiger partial charge < -0.3 is 13.7 Å². The van der Waals surface area contributed by atoms with Crippen LogP contribution in [0.15, 0.2) is 59.5 Å². The summed E-state index contributed by atoms with van der Waals surface area (Å²) in [6.45, 7) is 1.55. The highest BCUT2D eigenvalue weighted by Crippen LogP contribution is 2.34. The van der Waals surface area contributed by atoms with Crippen molar-refractivity contribution in [1.82, 2.24) is 9.30 Å². The minimum atomic E-state index is 0.120. The van der Waals surface area contributed by atoms with Gasteiger partial charge in [0.1, 0.15) is 5.76 Å². The number of carbonyl (C=O) groups is 1. The lowest BCUT2D eigenvalue weighted by molar-refractivity contribution is 0.0766. The molecule has 1 saturated heterocycles. The molecule has 0 unspecified atom stereocenters. The molecule has 0 aromatic carbocycles. The Kier molecular flexibility index (Phi) is 3.87. The Hall–Kier alpha value is -2.14. The van der Waals surface area contributed by atoms with E-state index in [9.17, 15) is 4.79 Å². The van der Waals surface area contributed by atoms with E-state index in [1.54, 1.807) is 6.26 Å². The van der Waals surface area contributed by atoms with Crippen LogP contribution in [0.4, 0.5) is 0 Å². The minimum absolute atomic E-state index is 0.120. The van der Waals surface area contributed by atoms with E-state index in [1.807, 2.05) is 69.9 Å². The van der Waals surface area contributed by atoms with Crippen molar-refractivity contribution in [3.05, 3.63) is 66.4 Å². The highest BCUT2D eigenvalue weighted by molar-refractivity contribution is 7.99. The highest BCUT2D eigenvalue weighted by Gasteiger charge is 2.24. The molecule has 0 saturated carbocycles. The van der Waals surface area contributed by atoms with Crippen LogP contribution in [-0.4, -0.2) is 34.1 Å². The van der Waals surface area contributed by atoms with Gasteiger partial charge in [-0.05, 0) is 36.8 Å². The van der Waals surface area contributed by atoms with Crippen LogP contribution in [0.2, 0.25) is 0 Å². The number of hydrogen-bond acceptors (Lipinski definition) is 3. The van der Waals surface area contributed by atoms with Crippen molar-refractivity contribution in [2.45, 2.75) is 11.7 Å². The van der Waals surface area contributed by atoms with E-state index in [2.05, 4.69) is 0 Å². The fraction of sp³-hybridized carbons (Fsp3) is 0.278. The number of carbonyl (C=O) groups excluding carboxylic acids is 1. The number of aromatic nitrogens is 1. The van der Waals surface area contributed by atoms with E-state index in [1.165, 1.54) is 0 Å². The number of thioether (sulfide) groups is 1. The van der Waals surface area contributed by atoms with Gasteiger partial charge in [-0.15, -0.1) is 11.8 Å². The summed E-state index contributed by atoms with van der Waals surface area (Å²) in [5.74, 6) is 2.07. The van der Waals surface area contributed by atoms with E-state index in [0.29, 0.717) is 5.25 Å². The standard InChI is InChI=1S/C18H18N2O2S/c21-18(14-12-15-4-1-2-7-20(15)13-14)19-8-6-17(23-11-9-19)16-5-3-10-22-16/h1-5,7,10,12-13,17H,6,8-9,11H2/t17-/m0/s1. The maximum absolute atomic E-state index is 12.8. The molecule has 5 heteroatoms.